The zero-order chi connectivity index (χ0) is 27.9. The zero-order valence-electron chi connectivity index (χ0n) is 22.9. The Morgan fingerprint density at radius 3 is 2.36 bits per heavy atom. The zero-order valence-corrected chi connectivity index (χ0v) is 22.9. The number of methoxy groups -OCH3 is 2. The van der Waals surface area contributed by atoms with Gasteiger partial charge in [0.1, 0.15) is 31.4 Å². The van der Waals surface area contributed by atoms with E-state index in [4.69, 9.17) is 23.7 Å². The predicted octanol–water partition coefficient (Wildman–Crippen LogP) is 3.71. The second-order valence-electron chi connectivity index (χ2n) is 9.29. The van der Waals surface area contributed by atoms with Crippen molar-refractivity contribution in [3.05, 3.63) is 60.4 Å². The number of benzene rings is 2. The molecule has 0 spiro atoms. The number of nitrogens with zero attached hydrogens (tertiary/aromatic N) is 4. The largest absolute Gasteiger partial charge is 0.418 e. The molecular formula is C28H36N4O7. The Labute approximate surface area is 228 Å². The van der Waals surface area contributed by atoms with E-state index in [1.54, 1.807) is 42.4 Å². The summed E-state index contributed by atoms with van der Waals surface area (Å²) in [5, 5.41) is 14.6. The van der Waals surface area contributed by atoms with Crippen molar-refractivity contribution < 1.29 is 33.6 Å². The topological polar surface area (TPSA) is 117 Å². The van der Waals surface area contributed by atoms with Crippen molar-refractivity contribution in [1.82, 2.24) is 14.8 Å². The summed E-state index contributed by atoms with van der Waals surface area (Å²) in [5.41, 5.74) is 3.24. The van der Waals surface area contributed by atoms with Gasteiger partial charge in [-0.1, -0.05) is 24.6 Å². The molecule has 39 heavy (non-hydrogen) atoms. The number of hydrogen-bond acceptors (Lipinski definition) is 9. The first-order chi connectivity index (χ1) is 18.9. The highest BCUT2D eigenvalue weighted by atomic mass is 16.7. The maximum Gasteiger partial charge on any atom is 0.418 e. The van der Waals surface area contributed by atoms with E-state index in [0.29, 0.717) is 18.1 Å². The van der Waals surface area contributed by atoms with Crippen molar-refractivity contribution in [3.8, 4) is 17.1 Å². The van der Waals surface area contributed by atoms with Crippen molar-refractivity contribution in [3.63, 3.8) is 0 Å². The number of anilines is 1. The SMILES string of the molecule is CCCO[C@@H]1[C@@H](OC)[C@H](C)O[C@@H](OC(=O)N(CO)c2ccc(-c3ncn(-c4ccc(C)cc4)n3)cc2)[C@@H]1OC. The van der Waals surface area contributed by atoms with Crippen LogP contribution in [0.25, 0.3) is 17.1 Å². The molecule has 1 saturated heterocycles. The molecule has 1 N–H and O–H groups in total. The van der Waals surface area contributed by atoms with E-state index in [1.165, 1.54) is 7.11 Å². The number of amides is 1. The Balaban J connectivity index is 1.47. The smallest absolute Gasteiger partial charge is 0.416 e. The average molecular weight is 541 g/mol. The maximum atomic E-state index is 13.1. The van der Waals surface area contributed by atoms with Gasteiger partial charge in [0.25, 0.3) is 0 Å². The normalized spacial score (nSPS) is 23.0. The number of aryl methyl sites for hydroxylation is 1. The van der Waals surface area contributed by atoms with Gasteiger partial charge in [-0.3, -0.25) is 4.90 Å². The summed E-state index contributed by atoms with van der Waals surface area (Å²) in [6.07, 6.45) is -1.45. The van der Waals surface area contributed by atoms with Gasteiger partial charge in [0.15, 0.2) is 5.82 Å². The first-order valence-corrected chi connectivity index (χ1v) is 12.9. The molecule has 0 radical (unpaired) electrons. The predicted molar refractivity (Wildman–Crippen MR) is 144 cm³/mol. The fourth-order valence-electron chi connectivity index (χ4n) is 4.50. The third-order valence-electron chi connectivity index (χ3n) is 6.59. The van der Waals surface area contributed by atoms with Crippen molar-refractivity contribution in [2.45, 2.75) is 57.9 Å². The van der Waals surface area contributed by atoms with Crippen LogP contribution in [0, 0.1) is 6.92 Å². The molecule has 11 nitrogen and oxygen atoms in total. The number of aliphatic hydroxyl groups is 1. The highest BCUT2D eigenvalue weighted by Crippen LogP contribution is 2.29. The number of ether oxygens (including phenoxy) is 5. The van der Waals surface area contributed by atoms with Crippen LogP contribution >= 0.6 is 0 Å². The lowest BCUT2D eigenvalue weighted by Gasteiger charge is -2.43. The van der Waals surface area contributed by atoms with Crippen molar-refractivity contribution in [2.75, 3.05) is 32.5 Å². The number of rotatable bonds is 10. The molecule has 0 aliphatic carbocycles. The van der Waals surface area contributed by atoms with Gasteiger partial charge >= 0.3 is 6.09 Å². The molecule has 3 aromatic rings. The molecule has 4 rings (SSSR count). The van der Waals surface area contributed by atoms with Gasteiger partial charge < -0.3 is 28.8 Å². The fourth-order valence-corrected chi connectivity index (χ4v) is 4.50. The lowest BCUT2D eigenvalue weighted by atomic mass is 9.99. The standard InChI is InChI=1S/C28H36N4O7/c1-6-15-37-24-23(35-4)19(3)38-27(25(24)36-5)39-28(34)31(17-33)21-13-9-20(10-14-21)26-29-16-32(30-26)22-11-7-18(2)8-12-22/h7-14,16,19,23-25,27,33H,6,15,17H2,1-5H3/t19-,23-,24+,25+,27-/m0/s1. The monoisotopic (exact) mass is 540 g/mol. The van der Waals surface area contributed by atoms with E-state index in [1.807, 2.05) is 45.0 Å². The van der Waals surface area contributed by atoms with E-state index in [9.17, 15) is 9.90 Å². The Bertz CT molecular complexity index is 1200. The van der Waals surface area contributed by atoms with Crippen LogP contribution in [0.4, 0.5) is 10.5 Å². The highest BCUT2D eigenvalue weighted by molar-refractivity contribution is 5.87. The third-order valence-corrected chi connectivity index (χ3v) is 6.59. The fraction of sp³-hybridized carbons (Fsp3) is 0.464. The second-order valence-corrected chi connectivity index (χ2v) is 9.29. The molecule has 11 heteroatoms. The summed E-state index contributed by atoms with van der Waals surface area (Å²) in [7, 11) is 3.07. The number of carbonyl (C=O) groups excluding carboxylic acids is 1. The van der Waals surface area contributed by atoms with Crippen LogP contribution in [0.2, 0.25) is 0 Å². The van der Waals surface area contributed by atoms with E-state index in [2.05, 4.69) is 10.1 Å². The van der Waals surface area contributed by atoms with Crippen LogP contribution in [-0.4, -0.2) is 84.2 Å². The molecule has 1 aliphatic heterocycles. The van der Waals surface area contributed by atoms with Gasteiger partial charge in [-0.05, 0) is 56.7 Å². The quantitative estimate of drug-likeness (QED) is 0.384. The van der Waals surface area contributed by atoms with Crippen LogP contribution in [0.1, 0.15) is 25.8 Å². The highest BCUT2D eigenvalue weighted by Gasteiger charge is 2.48. The van der Waals surface area contributed by atoms with Crippen LogP contribution in [0.15, 0.2) is 54.9 Å². The summed E-state index contributed by atoms with van der Waals surface area (Å²) in [5.74, 6) is 0.526. The van der Waals surface area contributed by atoms with Crippen molar-refractivity contribution >= 4 is 11.8 Å². The minimum atomic E-state index is -1.06. The van der Waals surface area contributed by atoms with E-state index in [0.717, 1.165) is 28.1 Å². The van der Waals surface area contributed by atoms with Gasteiger partial charge in [0.05, 0.1) is 11.8 Å². The Morgan fingerprint density at radius 2 is 1.74 bits per heavy atom. The molecule has 1 fully saturated rings. The number of aromatic nitrogens is 3. The number of carbonyl (C=O) groups is 1. The Kier molecular flexibility index (Phi) is 9.65. The van der Waals surface area contributed by atoms with E-state index in [-0.39, 0.29) is 0 Å². The minimum Gasteiger partial charge on any atom is -0.416 e. The minimum absolute atomic E-state index is 0.402. The molecule has 1 aromatic heterocycles. The second kappa shape index (κ2) is 13.1. The maximum absolute atomic E-state index is 13.1. The van der Waals surface area contributed by atoms with Gasteiger partial charge in [-0.15, -0.1) is 5.10 Å². The molecular weight excluding hydrogens is 504 g/mol. The van der Waals surface area contributed by atoms with Gasteiger partial charge in [0.2, 0.25) is 6.29 Å². The summed E-state index contributed by atoms with van der Waals surface area (Å²) in [6, 6.07) is 14.9. The van der Waals surface area contributed by atoms with Crippen LogP contribution in [0.5, 0.6) is 0 Å². The summed E-state index contributed by atoms with van der Waals surface area (Å²) in [4.78, 5) is 18.6. The molecule has 5 atom stereocenters. The molecule has 0 saturated carbocycles. The molecule has 210 valence electrons. The molecule has 2 aromatic carbocycles. The molecule has 1 amide bonds. The van der Waals surface area contributed by atoms with E-state index < -0.39 is 43.5 Å². The van der Waals surface area contributed by atoms with Gasteiger partial charge in [0, 0.05) is 32.1 Å². The van der Waals surface area contributed by atoms with Crippen molar-refractivity contribution in [2.24, 2.45) is 0 Å². The first kappa shape index (κ1) is 28.7. The summed E-state index contributed by atoms with van der Waals surface area (Å²) >= 11 is 0. The van der Waals surface area contributed by atoms with Crippen LogP contribution in [0.3, 0.4) is 0 Å². The molecule has 1 aliphatic rings. The van der Waals surface area contributed by atoms with Crippen molar-refractivity contribution in [1.29, 1.82) is 0 Å². The van der Waals surface area contributed by atoms with Gasteiger partial charge in [-0.25, -0.2) is 14.5 Å². The van der Waals surface area contributed by atoms with Crippen LogP contribution in [-0.2, 0) is 23.7 Å². The summed E-state index contributed by atoms with van der Waals surface area (Å²) in [6.45, 7) is 5.73. The van der Waals surface area contributed by atoms with Gasteiger partial charge in [-0.2, -0.15) is 0 Å². The summed E-state index contributed by atoms with van der Waals surface area (Å²) < 4.78 is 30.5. The number of hydrogen-bond donors (Lipinski definition) is 1. The molecule has 0 bridgehead atoms. The van der Waals surface area contributed by atoms with Crippen LogP contribution < -0.4 is 4.90 Å². The lowest BCUT2D eigenvalue weighted by molar-refractivity contribution is -0.293. The number of aliphatic hydroxyl groups excluding tert-OH is 1. The Hall–Kier alpha value is -3.35. The van der Waals surface area contributed by atoms with E-state index >= 15 is 0 Å². The molecule has 2 heterocycles. The average Bonchev–Trinajstić information content (AvgIpc) is 3.43. The Morgan fingerprint density at radius 1 is 1.05 bits per heavy atom. The first-order valence-electron chi connectivity index (χ1n) is 12.9. The third kappa shape index (κ3) is 6.45. The lowest BCUT2D eigenvalue weighted by Crippen LogP contribution is -2.60. The molecule has 0 unspecified atom stereocenters.